The predicted molar refractivity (Wildman–Crippen MR) is 93.0 cm³/mol. The van der Waals surface area contributed by atoms with Crippen molar-refractivity contribution >= 4 is 35.0 Å². The summed E-state index contributed by atoms with van der Waals surface area (Å²) in [6, 6.07) is 6.21. The van der Waals surface area contributed by atoms with Crippen LogP contribution in [0.3, 0.4) is 0 Å². The highest BCUT2D eigenvalue weighted by Gasteiger charge is 2.17. The van der Waals surface area contributed by atoms with Crippen molar-refractivity contribution in [2.24, 2.45) is 0 Å². The van der Waals surface area contributed by atoms with Gasteiger partial charge in [0, 0.05) is 11.8 Å². The van der Waals surface area contributed by atoms with E-state index in [0.29, 0.717) is 5.25 Å². The number of ether oxygens (including phenoxy) is 1. The van der Waals surface area contributed by atoms with E-state index in [1.165, 1.54) is 30.5 Å². The lowest BCUT2D eigenvalue weighted by atomic mass is 10.2. The first kappa shape index (κ1) is 15.0. The summed E-state index contributed by atoms with van der Waals surface area (Å²) in [5.41, 5.74) is 2.21. The third-order valence-corrected chi connectivity index (χ3v) is 5.60. The molecule has 0 spiro atoms. The second kappa shape index (κ2) is 6.88. The molecule has 1 aromatic heterocycles. The van der Waals surface area contributed by atoms with Crippen molar-refractivity contribution < 1.29 is 4.74 Å². The molecule has 1 atom stereocenters. The number of benzene rings is 1. The number of hydrogen-bond donors (Lipinski definition) is 1. The van der Waals surface area contributed by atoms with Crippen LogP contribution in [0.25, 0.3) is 11.0 Å². The van der Waals surface area contributed by atoms with Crippen molar-refractivity contribution in [1.82, 2.24) is 9.55 Å². The van der Waals surface area contributed by atoms with Gasteiger partial charge in [-0.2, -0.15) is 11.8 Å². The molecule has 1 aliphatic heterocycles. The summed E-state index contributed by atoms with van der Waals surface area (Å²) in [6.07, 6.45) is 5.01. The molecule has 0 radical (unpaired) electrons. The van der Waals surface area contributed by atoms with Gasteiger partial charge in [-0.1, -0.05) is 19.4 Å². The van der Waals surface area contributed by atoms with E-state index in [1.54, 1.807) is 0 Å². The number of aromatic amines is 1. The Bertz CT molecular complexity index is 656. The van der Waals surface area contributed by atoms with Crippen LogP contribution in [0.2, 0.25) is 0 Å². The molecule has 1 aliphatic rings. The molecule has 0 aliphatic carbocycles. The van der Waals surface area contributed by atoms with E-state index < -0.39 is 0 Å². The molecule has 1 saturated heterocycles. The molecule has 114 valence electrons. The summed E-state index contributed by atoms with van der Waals surface area (Å²) in [7, 11) is 0. The van der Waals surface area contributed by atoms with Crippen molar-refractivity contribution in [1.29, 1.82) is 0 Å². The molecule has 3 rings (SSSR count). The van der Waals surface area contributed by atoms with Gasteiger partial charge >= 0.3 is 0 Å². The minimum Gasteiger partial charge on any atom is -0.491 e. The summed E-state index contributed by atoms with van der Waals surface area (Å²) in [4.78, 5) is 3.34. The number of thioether (sulfide) groups is 1. The maximum atomic E-state index is 5.83. The number of hydrogen-bond acceptors (Lipinski definition) is 3. The normalized spacial score (nSPS) is 19.0. The van der Waals surface area contributed by atoms with Crippen molar-refractivity contribution in [3.8, 4) is 5.75 Å². The first-order valence-electron chi connectivity index (χ1n) is 7.75. The SMILES string of the molecule is CCCOc1cccc2c1[nH]c(=S)n2CC1CCCCS1. The fourth-order valence-corrected chi connectivity index (χ4v) is 4.39. The average Bonchev–Trinajstić information content (AvgIpc) is 2.83. The molecular formula is C16H22N2OS2. The van der Waals surface area contributed by atoms with Crippen LogP contribution in [0.15, 0.2) is 18.2 Å². The summed E-state index contributed by atoms with van der Waals surface area (Å²) in [5, 5.41) is 0.685. The Labute approximate surface area is 135 Å². The minimum atomic E-state index is 0.685. The molecule has 2 heterocycles. The smallest absolute Gasteiger partial charge is 0.178 e. The number of fused-ring (bicyclic) bond motifs is 1. The van der Waals surface area contributed by atoms with E-state index >= 15 is 0 Å². The number of nitrogens with zero attached hydrogens (tertiary/aromatic N) is 1. The molecule has 0 bridgehead atoms. The molecule has 21 heavy (non-hydrogen) atoms. The zero-order valence-electron chi connectivity index (χ0n) is 12.4. The maximum absolute atomic E-state index is 5.83. The molecule has 0 amide bonds. The van der Waals surface area contributed by atoms with Gasteiger partial charge in [0.25, 0.3) is 0 Å². The summed E-state index contributed by atoms with van der Waals surface area (Å²) in [6.45, 7) is 3.86. The minimum absolute atomic E-state index is 0.685. The number of H-pyrrole nitrogens is 1. The fraction of sp³-hybridized carbons (Fsp3) is 0.562. The van der Waals surface area contributed by atoms with Crippen LogP contribution in [-0.2, 0) is 6.54 Å². The number of nitrogens with one attached hydrogen (secondary N) is 1. The molecule has 1 unspecified atom stereocenters. The number of para-hydroxylation sites is 1. The second-order valence-electron chi connectivity index (χ2n) is 5.53. The highest BCUT2D eigenvalue weighted by molar-refractivity contribution is 7.99. The van der Waals surface area contributed by atoms with Gasteiger partial charge in [-0.25, -0.2) is 0 Å². The lowest BCUT2D eigenvalue weighted by Gasteiger charge is -2.21. The Morgan fingerprint density at radius 1 is 1.43 bits per heavy atom. The summed E-state index contributed by atoms with van der Waals surface area (Å²) in [5.74, 6) is 2.20. The molecule has 1 fully saturated rings. The number of rotatable bonds is 5. The molecule has 2 aromatic rings. The third kappa shape index (κ3) is 3.29. The van der Waals surface area contributed by atoms with Crippen LogP contribution < -0.4 is 4.74 Å². The van der Waals surface area contributed by atoms with Gasteiger partial charge in [0.1, 0.15) is 11.3 Å². The van der Waals surface area contributed by atoms with Crippen LogP contribution in [0.1, 0.15) is 32.6 Å². The van der Waals surface area contributed by atoms with Crippen LogP contribution in [0.5, 0.6) is 5.75 Å². The molecule has 3 nitrogen and oxygen atoms in total. The zero-order valence-corrected chi connectivity index (χ0v) is 14.1. The van der Waals surface area contributed by atoms with Gasteiger partial charge in [0.2, 0.25) is 0 Å². The lowest BCUT2D eigenvalue weighted by molar-refractivity contribution is 0.320. The first-order valence-corrected chi connectivity index (χ1v) is 9.21. The highest BCUT2D eigenvalue weighted by atomic mass is 32.2. The molecule has 1 aromatic carbocycles. The summed E-state index contributed by atoms with van der Waals surface area (Å²) >= 11 is 7.62. The van der Waals surface area contributed by atoms with Gasteiger partial charge in [-0.05, 0) is 49.4 Å². The number of imidazole rings is 1. The van der Waals surface area contributed by atoms with Gasteiger partial charge in [0.05, 0.1) is 12.1 Å². The van der Waals surface area contributed by atoms with E-state index in [1.807, 2.05) is 6.07 Å². The fourth-order valence-electron chi connectivity index (χ4n) is 2.82. The van der Waals surface area contributed by atoms with Crippen LogP contribution >= 0.6 is 24.0 Å². The zero-order chi connectivity index (χ0) is 14.7. The Kier molecular flexibility index (Phi) is 4.91. The monoisotopic (exact) mass is 322 g/mol. The Morgan fingerprint density at radius 3 is 3.10 bits per heavy atom. The Balaban J connectivity index is 1.91. The molecule has 1 N–H and O–H groups in total. The van der Waals surface area contributed by atoms with E-state index in [9.17, 15) is 0 Å². The summed E-state index contributed by atoms with van der Waals surface area (Å²) < 4.78 is 8.88. The topological polar surface area (TPSA) is 29.9 Å². The predicted octanol–water partition coefficient (Wildman–Crippen LogP) is 4.77. The molecule has 5 heteroatoms. The lowest BCUT2D eigenvalue weighted by Crippen LogP contribution is -2.17. The standard InChI is InChI=1S/C16H22N2OS2/c1-2-9-19-14-8-5-7-13-15(14)17-16(20)18(13)11-12-6-3-4-10-21-12/h5,7-8,12H,2-4,6,9-11H2,1H3,(H,17,20). The van der Waals surface area contributed by atoms with Crippen molar-refractivity contribution in [2.75, 3.05) is 12.4 Å². The van der Waals surface area contributed by atoms with Gasteiger partial charge in [-0.15, -0.1) is 0 Å². The number of aromatic nitrogens is 2. The maximum Gasteiger partial charge on any atom is 0.178 e. The van der Waals surface area contributed by atoms with E-state index in [2.05, 4.69) is 40.4 Å². The van der Waals surface area contributed by atoms with Gasteiger partial charge in [0.15, 0.2) is 4.77 Å². The van der Waals surface area contributed by atoms with Crippen LogP contribution in [0.4, 0.5) is 0 Å². The first-order chi connectivity index (χ1) is 10.3. The van der Waals surface area contributed by atoms with E-state index in [4.69, 9.17) is 17.0 Å². The average molecular weight is 322 g/mol. The largest absolute Gasteiger partial charge is 0.491 e. The highest BCUT2D eigenvalue weighted by Crippen LogP contribution is 2.30. The van der Waals surface area contributed by atoms with E-state index in [0.717, 1.165) is 35.6 Å². The van der Waals surface area contributed by atoms with Crippen molar-refractivity contribution in [3.05, 3.63) is 23.0 Å². The quantitative estimate of drug-likeness (QED) is 0.804. The van der Waals surface area contributed by atoms with Gasteiger partial charge < -0.3 is 14.3 Å². The van der Waals surface area contributed by atoms with Crippen molar-refractivity contribution in [2.45, 2.75) is 44.4 Å². The Hall–Kier alpha value is -0.940. The molecular weight excluding hydrogens is 300 g/mol. The van der Waals surface area contributed by atoms with Gasteiger partial charge in [-0.3, -0.25) is 0 Å². The second-order valence-corrected chi connectivity index (χ2v) is 7.32. The Morgan fingerprint density at radius 2 is 2.33 bits per heavy atom. The van der Waals surface area contributed by atoms with Crippen LogP contribution in [-0.4, -0.2) is 27.2 Å². The van der Waals surface area contributed by atoms with Crippen LogP contribution in [0, 0.1) is 4.77 Å². The molecule has 0 saturated carbocycles. The third-order valence-electron chi connectivity index (χ3n) is 3.89. The van der Waals surface area contributed by atoms with E-state index in [-0.39, 0.29) is 0 Å². The van der Waals surface area contributed by atoms with Crippen molar-refractivity contribution in [3.63, 3.8) is 0 Å².